The summed E-state index contributed by atoms with van der Waals surface area (Å²) in [6.45, 7) is 0. The second-order valence-electron chi connectivity index (χ2n) is 4.05. The van der Waals surface area contributed by atoms with E-state index in [2.05, 4.69) is 15.9 Å². The predicted molar refractivity (Wildman–Crippen MR) is 75.0 cm³/mol. The molecule has 0 aliphatic rings. The fourth-order valence-electron chi connectivity index (χ4n) is 1.48. The molecule has 1 atom stereocenters. The molecule has 0 bridgehead atoms. The quantitative estimate of drug-likeness (QED) is 0.896. The van der Waals surface area contributed by atoms with E-state index in [9.17, 15) is 8.42 Å². The van der Waals surface area contributed by atoms with Crippen LogP contribution >= 0.6 is 27.5 Å². The van der Waals surface area contributed by atoms with Gasteiger partial charge in [0.2, 0.25) is 0 Å². The Bertz CT molecular complexity index is 490. The zero-order valence-electron chi connectivity index (χ0n) is 9.49. The maximum Gasteiger partial charge on any atom is 0.147 e. The highest BCUT2D eigenvalue weighted by Crippen LogP contribution is 2.26. The van der Waals surface area contributed by atoms with Crippen molar-refractivity contribution in [3.05, 3.63) is 33.3 Å². The number of sulfone groups is 1. The zero-order chi connectivity index (χ0) is 13.1. The van der Waals surface area contributed by atoms with Crippen molar-refractivity contribution in [2.75, 3.05) is 12.0 Å². The van der Waals surface area contributed by atoms with Gasteiger partial charge in [-0.3, -0.25) is 0 Å². The van der Waals surface area contributed by atoms with Gasteiger partial charge in [0.1, 0.15) is 9.84 Å². The lowest BCUT2D eigenvalue weighted by molar-refractivity contribution is 0.588. The van der Waals surface area contributed by atoms with Crippen LogP contribution in [0.2, 0.25) is 5.02 Å². The molecule has 0 radical (unpaired) electrons. The van der Waals surface area contributed by atoms with Gasteiger partial charge in [-0.15, -0.1) is 0 Å². The first-order valence-corrected chi connectivity index (χ1v) is 8.41. The molecule has 0 saturated carbocycles. The summed E-state index contributed by atoms with van der Waals surface area (Å²) < 4.78 is 22.8. The van der Waals surface area contributed by atoms with Crippen LogP contribution in [0.1, 0.15) is 24.4 Å². The van der Waals surface area contributed by atoms with Gasteiger partial charge in [-0.05, 0) is 46.5 Å². The molecule has 0 heterocycles. The third-order valence-corrected chi connectivity index (χ3v) is 4.66. The van der Waals surface area contributed by atoms with E-state index in [-0.39, 0.29) is 11.8 Å². The molecule has 3 nitrogen and oxygen atoms in total. The summed E-state index contributed by atoms with van der Waals surface area (Å²) in [7, 11) is -2.91. The summed E-state index contributed by atoms with van der Waals surface area (Å²) >= 11 is 9.27. The van der Waals surface area contributed by atoms with Crippen molar-refractivity contribution in [1.29, 1.82) is 0 Å². The number of hydrogen-bond acceptors (Lipinski definition) is 3. The van der Waals surface area contributed by atoms with E-state index in [1.165, 1.54) is 6.26 Å². The van der Waals surface area contributed by atoms with Crippen molar-refractivity contribution >= 4 is 37.4 Å². The smallest absolute Gasteiger partial charge is 0.147 e. The maximum atomic E-state index is 11.0. The van der Waals surface area contributed by atoms with E-state index in [4.69, 9.17) is 17.3 Å². The topological polar surface area (TPSA) is 60.2 Å². The molecular weight excluding hydrogens is 326 g/mol. The minimum absolute atomic E-state index is 0.172. The van der Waals surface area contributed by atoms with Gasteiger partial charge in [0, 0.05) is 22.5 Å². The number of rotatable bonds is 5. The molecule has 0 aliphatic heterocycles. The lowest BCUT2D eigenvalue weighted by Crippen LogP contribution is -2.12. The first kappa shape index (κ1) is 15.0. The van der Waals surface area contributed by atoms with Gasteiger partial charge in [-0.1, -0.05) is 17.7 Å². The maximum absolute atomic E-state index is 11.0. The molecular formula is C11H15BrClNO2S. The Kier molecular flexibility index (Phi) is 5.44. The van der Waals surface area contributed by atoms with Gasteiger partial charge < -0.3 is 5.73 Å². The molecule has 1 unspecified atom stereocenters. The average molecular weight is 341 g/mol. The summed E-state index contributed by atoms with van der Waals surface area (Å²) in [6.07, 6.45) is 2.42. The lowest BCUT2D eigenvalue weighted by Gasteiger charge is -2.12. The summed E-state index contributed by atoms with van der Waals surface area (Å²) in [5, 5.41) is 0.612. The van der Waals surface area contributed by atoms with Crippen molar-refractivity contribution in [2.45, 2.75) is 18.9 Å². The Labute approximate surface area is 115 Å². The van der Waals surface area contributed by atoms with Crippen LogP contribution in [-0.2, 0) is 9.84 Å². The fraction of sp³-hybridized carbons (Fsp3) is 0.455. The second-order valence-corrected chi connectivity index (χ2v) is 7.57. The largest absolute Gasteiger partial charge is 0.324 e. The van der Waals surface area contributed by atoms with E-state index >= 15 is 0 Å². The molecule has 17 heavy (non-hydrogen) atoms. The molecule has 0 amide bonds. The zero-order valence-corrected chi connectivity index (χ0v) is 12.6. The molecule has 0 saturated heterocycles. The van der Waals surface area contributed by atoms with Crippen molar-refractivity contribution in [2.24, 2.45) is 5.73 Å². The lowest BCUT2D eigenvalue weighted by atomic mass is 10.0. The van der Waals surface area contributed by atoms with Crippen molar-refractivity contribution < 1.29 is 8.42 Å². The van der Waals surface area contributed by atoms with Gasteiger partial charge in [0.15, 0.2) is 0 Å². The van der Waals surface area contributed by atoms with Crippen LogP contribution in [0.15, 0.2) is 22.7 Å². The Morgan fingerprint density at radius 1 is 1.47 bits per heavy atom. The molecule has 1 aromatic rings. The Balaban J connectivity index is 2.58. The fourth-order valence-corrected chi connectivity index (χ4v) is 2.60. The highest BCUT2D eigenvalue weighted by molar-refractivity contribution is 9.10. The minimum atomic E-state index is -2.91. The summed E-state index contributed by atoms with van der Waals surface area (Å²) in [5.41, 5.74) is 6.90. The predicted octanol–water partition coefficient (Wildman–Crippen LogP) is 2.93. The number of halogens is 2. The van der Waals surface area contributed by atoms with Crippen LogP contribution in [0, 0.1) is 0 Å². The first-order valence-electron chi connectivity index (χ1n) is 5.18. The van der Waals surface area contributed by atoms with Crippen LogP contribution in [0.5, 0.6) is 0 Å². The number of nitrogens with two attached hydrogens (primary N) is 1. The van der Waals surface area contributed by atoms with Crippen LogP contribution < -0.4 is 5.73 Å². The molecule has 1 rings (SSSR count). The van der Waals surface area contributed by atoms with Crippen LogP contribution in [0.4, 0.5) is 0 Å². The number of benzene rings is 1. The van der Waals surface area contributed by atoms with Gasteiger partial charge in [0.25, 0.3) is 0 Å². The molecule has 1 aromatic carbocycles. The van der Waals surface area contributed by atoms with E-state index in [1.807, 2.05) is 12.1 Å². The molecule has 2 N–H and O–H groups in total. The van der Waals surface area contributed by atoms with E-state index in [0.29, 0.717) is 17.9 Å². The standard InChI is InChI=1S/C11H15BrClNO2S/c1-17(15,16)6-2-3-11(14)8-4-5-9(12)10(13)7-8/h4-5,7,11H,2-3,6,14H2,1H3. The van der Waals surface area contributed by atoms with Gasteiger partial charge in [-0.2, -0.15) is 0 Å². The van der Waals surface area contributed by atoms with Crippen molar-refractivity contribution in [3.63, 3.8) is 0 Å². The highest BCUT2D eigenvalue weighted by Gasteiger charge is 2.09. The summed E-state index contributed by atoms with van der Waals surface area (Å²) in [4.78, 5) is 0. The third kappa shape index (κ3) is 5.38. The van der Waals surface area contributed by atoms with Crippen LogP contribution in [0.3, 0.4) is 0 Å². The van der Waals surface area contributed by atoms with Gasteiger partial charge >= 0.3 is 0 Å². The monoisotopic (exact) mass is 339 g/mol. The van der Waals surface area contributed by atoms with Crippen molar-refractivity contribution in [3.8, 4) is 0 Å². The SMILES string of the molecule is CS(=O)(=O)CCCC(N)c1ccc(Br)c(Cl)c1. The Morgan fingerprint density at radius 2 is 2.12 bits per heavy atom. The average Bonchev–Trinajstić information content (AvgIpc) is 2.20. The molecule has 0 spiro atoms. The second kappa shape index (κ2) is 6.18. The minimum Gasteiger partial charge on any atom is -0.324 e. The Morgan fingerprint density at radius 3 is 2.65 bits per heavy atom. The van der Waals surface area contributed by atoms with Crippen LogP contribution in [0.25, 0.3) is 0 Å². The van der Waals surface area contributed by atoms with E-state index < -0.39 is 9.84 Å². The summed E-state index contributed by atoms with van der Waals surface area (Å²) in [6, 6.07) is 5.36. The third-order valence-electron chi connectivity index (χ3n) is 2.40. The van der Waals surface area contributed by atoms with Crippen molar-refractivity contribution in [1.82, 2.24) is 0 Å². The van der Waals surface area contributed by atoms with E-state index in [1.54, 1.807) is 6.07 Å². The molecule has 0 aromatic heterocycles. The molecule has 96 valence electrons. The normalized spacial score (nSPS) is 13.6. The highest BCUT2D eigenvalue weighted by atomic mass is 79.9. The van der Waals surface area contributed by atoms with E-state index in [0.717, 1.165) is 10.0 Å². The van der Waals surface area contributed by atoms with Gasteiger partial charge in [0.05, 0.1) is 5.02 Å². The molecule has 0 aliphatic carbocycles. The van der Waals surface area contributed by atoms with Gasteiger partial charge in [-0.25, -0.2) is 8.42 Å². The van der Waals surface area contributed by atoms with Crippen LogP contribution in [-0.4, -0.2) is 20.4 Å². The summed E-state index contributed by atoms with van der Waals surface area (Å²) in [5.74, 6) is 0.172. The molecule has 6 heteroatoms. The Hall–Kier alpha value is -0.100. The first-order chi connectivity index (χ1) is 7.79. The number of hydrogen-bond donors (Lipinski definition) is 1. The molecule has 0 fully saturated rings.